The number of pyridine rings is 1. The van der Waals surface area contributed by atoms with Gasteiger partial charge in [-0.1, -0.05) is 6.42 Å². The molecular formula is C31H35F3N6O2. The number of rotatable bonds is 6. The summed E-state index contributed by atoms with van der Waals surface area (Å²) in [6.45, 7) is 3.01. The second-order valence-electron chi connectivity index (χ2n) is 12.9. The monoisotopic (exact) mass is 580 g/mol. The zero-order chi connectivity index (χ0) is 28.6. The van der Waals surface area contributed by atoms with E-state index in [1.807, 2.05) is 0 Å². The lowest BCUT2D eigenvalue weighted by Crippen LogP contribution is -2.61. The molecule has 1 aliphatic carbocycles. The van der Waals surface area contributed by atoms with Crippen molar-refractivity contribution in [3.63, 3.8) is 0 Å². The summed E-state index contributed by atoms with van der Waals surface area (Å²) in [6.07, 6.45) is 7.55. The van der Waals surface area contributed by atoms with E-state index in [-0.39, 0.29) is 47.1 Å². The number of nitrogens with zero attached hydrogens (tertiary/aromatic N) is 5. The average Bonchev–Trinajstić information content (AvgIpc) is 3.48. The number of phenols is 1. The lowest BCUT2D eigenvalue weighted by atomic mass is 9.77. The van der Waals surface area contributed by atoms with Crippen molar-refractivity contribution >= 4 is 16.7 Å². The van der Waals surface area contributed by atoms with Gasteiger partial charge in [-0.3, -0.25) is 9.88 Å². The number of phenolic OH excluding ortho intramolecular Hbond substituents is 1. The van der Waals surface area contributed by atoms with E-state index >= 15 is 8.78 Å². The van der Waals surface area contributed by atoms with Crippen LogP contribution in [-0.2, 0) is 0 Å². The number of nitrogens with one attached hydrogen (secondary N) is 1. The average molecular weight is 581 g/mol. The predicted molar refractivity (Wildman–Crippen MR) is 152 cm³/mol. The molecule has 5 saturated heterocycles. The van der Waals surface area contributed by atoms with E-state index in [9.17, 15) is 9.50 Å². The number of benzene rings is 1. The van der Waals surface area contributed by atoms with Crippen molar-refractivity contribution in [1.82, 2.24) is 25.2 Å². The highest BCUT2D eigenvalue weighted by atomic mass is 19.1. The van der Waals surface area contributed by atoms with Crippen LogP contribution in [0.3, 0.4) is 0 Å². The van der Waals surface area contributed by atoms with Crippen molar-refractivity contribution in [2.24, 2.45) is 0 Å². The molecule has 1 aromatic carbocycles. The molecule has 1 saturated carbocycles. The molecule has 3 aromatic rings. The van der Waals surface area contributed by atoms with E-state index in [2.05, 4.69) is 25.1 Å². The third kappa shape index (κ3) is 4.22. The fourth-order valence-corrected chi connectivity index (χ4v) is 8.02. The minimum atomic E-state index is -0.892. The van der Waals surface area contributed by atoms with Crippen molar-refractivity contribution < 1.29 is 23.0 Å². The largest absolute Gasteiger partial charge is 0.508 e. The molecule has 2 bridgehead atoms. The van der Waals surface area contributed by atoms with E-state index in [0.717, 1.165) is 70.6 Å². The summed E-state index contributed by atoms with van der Waals surface area (Å²) in [6, 6.07) is 3.03. The van der Waals surface area contributed by atoms with Crippen LogP contribution in [0.15, 0.2) is 18.3 Å². The second kappa shape index (κ2) is 9.94. The van der Waals surface area contributed by atoms with Crippen molar-refractivity contribution in [1.29, 1.82) is 0 Å². The lowest BCUT2D eigenvalue weighted by molar-refractivity contribution is 0.107. The van der Waals surface area contributed by atoms with Crippen LogP contribution in [0.5, 0.6) is 11.8 Å². The minimum absolute atomic E-state index is 0.0479. The maximum Gasteiger partial charge on any atom is 0.319 e. The summed E-state index contributed by atoms with van der Waals surface area (Å²) in [5, 5.41) is 14.3. The van der Waals surface area contributed by atoms with Gasteiger partial charge in [-0.05, 0) is 57.1 Å². The molecule has 8 nitrogen and oxygen atoms in total. The number of piperazine rings is 1. The fraction of sp³-hybridized carbons (Fsp3) is 0.581. The fourth-order valence-electron chi connectivity index (χ4n) is 8.02. The highest BCUT2D eigenvalue weighted by Crippen LogP contribution is 2.45. The SMILES string of the molecule is Oc1cc(F)c(C2CCC2)c(-c2ncc3c(N4CC5CCC4CN5)nc(OC[C@@]45CCCN4C[C@H](F)C5)nc3c2F)c1. The van der Waals surface area contributed by atoms with Crippen LogP contribution in [0, 0.1) is 11.6 Å². The van der Waals surface area contributed by atoms with Crippen molar-refractivity contribution in [3.8, 4) is 23.0 Å². The van der Waals surface area contributed by atoms with Crippen molar-refractivity contribution in [3.05, 3.63) is 35.5 Å². The van der Waals surface area contributed by atoms with Crippen molar-refractivity contribution in [2.45, 2.75) is 81.1 Å². The Morgan fingerprint density at radius 1 is 1.10 bits per heavy atom. The van der Waals surface area contributed by atoms with E-state index in [1.165, 1.54) is 6.07 Å². The van der Waals surface area contributed by atoms with Gasteiger partial charge in [-0.15, -0.1) is 0 Å². The minimum Gasteiger partial charge on any atom is -0.508 e. The van der Waals surface area contributed by atoms with Gasteiger partial charge in [0.15, 0.2) is 5.82 Å². The molecular weight excluding hydrogens is 545 g/mol. The van der Waals surface area contributed by atoms with Crippen LogP contribution in [0.1, 0.15) is 62.8 Å². The van der Waals surface area contributed by atoms with Gasteiger partial charge >= 0.3 is 6.01 Å². The van der Waals surface area contributed by atoms with Gasteiger partial charge in [0.25, 0.3) is 0 Å². The molecule has 2 N–H and O–H groups in total. The Morgan fingerprint density at radius 3 is 2.71 bits per heavy atom. The molecule has 0 spiro atoms. The Hall–Kier alpha value is -3.18. The normalized spacial score (nSPS) is 29.3. The van der Waals surface area contributed by atoms with Gasteiger partial charge in [0.2, 0.25) is 0 Å². The van der Waals surface area contributed by atoms with Crippen LogP contribution in [0.4, 0.5) is 19.0 Å². The molecule has 6 aliphatic rings. The van der Waals surface area contributed by atoms with Crippen LogP contribution in [0.2, 0.25) is 0 Å². The molecule has 0 amide bonds. The smallest absolute Gasteiger partial charge is 0.319 e. The molecule has 9 rings (SSSR count). The first-order chi connectivity index (χ1) is 20.4. The summed E-state index contributed by atoms with van der Waals surface area (Å²) in [5.74, 6) is -1.01. The molecule has 7 heterocycles. The number of anilines is 1. The highest BCUT2D eigenvalue weighted by Gasteiger charge is 2.49. The lowest BCUT2D eigenvalue weighted by Gasteiger charge is -2.46. The van der Waals surface area contributed by atoms with Gasteiger partial charge in [-0.2, -0.15) is 9.97 Å². The number of alkyl halides is 1. The zero-order valence-electron chi connectivity index (χ0n) is 23.5. The number of halogens is 3. The summed E-state index contributed by atoms with van der Waals surface area (Å²) < 4.78 is 52.4. The standard InChI is InChI=1S/C31H35F3N6O2/c32-18-11-31(7-2-8-39(31)14-18)16-42-30-37-28-23(29(38-30)40-15-19-5-6-20(40)12-35-19)13-36-27(26(28)34)22-9-21(41)10-24(33)25(22)17-3-1-4-17/h9-10,13,17-20,35,41H,1-8,11-12,14-16H2/t18-,19?,20?,31+/m1/s1. The topological polar surface area (TPSA) is 86.6 Å². The number of hydrogen-bond acceptors (Lipinski definition) is 8. The summed E-state index contributed by atoms with van der Waals surface area (Å²) in [5.41, 5.74) is 0.241. The van der Waals surface area contributed by atoms with Gasteiger partial charge in [0.1, 0.15) is 41.4 Å². The Morgan fingerprint density at radius 2 is 1.98 bits per heavy atom. The molecule has 5 aliphatic heterocycles. The summed E-state index contributed by atoms with van der Waals surface area (Å²) >= 11 is 0. The Bertz CT molecular complexity index is 1550. The maximum atomic E-state index is 16.6. The number of piperidine rings is 2. The number of ether oxygens (including phenoxy) is 1. The molecule has 6 fully saturated rings. The van der Waals surface area contributed by atoms with E-state index in [0.29, 0.717) is 35.8 Å². The Balaban J connectivity index is 1.24. The third-order valence-electron chi connectivity index (χ3n) is 10.4. The first kappa shape index (κ1) is 26.4. The van der Waals surface area contributed by atoms with Gasteiger partial charge in [0.05, 0.1) is 10.9 Å². The number of fused-ring (bicyclic) bond motifs is 5. The van der Waals surface area contributed by atoms with E-state index in [4.69, 9.17) is 9.72 Å². The summed E-state index contributed by atoms with van der Waals surface area (Å²) in [4.78, 5) is 18.2. The van der Waals surface area contributed by atoms with Crippen LogP contribution in [0.25, 0.3) is 22.2 Å². The van der Waals surface area contributed by atoms with Gasteiger partial charge in [-0.25, -0.2) is 13.2 Å². The summed E-state index contributed by atoms with van der Waals surface area (Å²) in [7, 11) is 0. The molecule has 2 unspecified atom stereocenters. The first-order valence-electron chi connectivity index (χ1n) is 15.3. The quantitative estimate of drug-likeness (QED) is 0.429. The highest BCUT2D eigenvalue weighted by molar-refractivity contribution is 5.92. The number of aromatic nitrogens is 3. The van der Waals surface area contributed by atoms with Crippen molar-refractivity contribution in [2.75, 3.05) is 37.7 Å². The van der Waals surface area contributed by atoms with Crippen LogP contribution >= 0.6 is 0 Å². The first-order valence-corrected chi connectivity index (χ1v) is 15.3. The number of aromatic hydroxyl groups is 1. The molecule has 4 atom stereocenters. The molecule has 0 radical (unpaired) electrons. The maximum absolute atomic E-state index is 16.6. The molecule has 222 valence electrons. The van der Waals surface area contributed by atoms with E-state index in [1.54, 1.807) is 6.20 Å². The van der Waals surface area contributed by atoms with Crippen LogP contribution < -0.4 is 15.0 Å². The Kier molecular flexibility index (Phi) is 6.26. The Labute approximate surface area is 242 Å². The van der Waals surface area contributed by atoms with Crippen LogP contribution in [-0.4, -0.2) is 81.5 Å². The molecule has 42 heavy (non-hydrogen) atoms. The second-order valence-corrected chi connectivity index (χ2v) is 12.9. The van der Waals surface area contributed by atoms with Gasteiger partial charge in [0, 0.05) is 61.5 Å². The van der Waals surface area contributed by atoms with Gasteiger partial charge < -0.3 is 20.1 Å². The zero-order valence-corrected chi connectivity index (χ0v) is 23.5. The van der Waals surface area contributed by atoms with E-state index < -0.39 is 23.3 Å². The molecule has 11 heteroatoms. The third-order valence-corrected chi connectivity index (χ3v) is 10.4. The number of hydrogen-bond donors (Lipinski definition) is 2. The predicted octanol–water partition coefficient (Wildman–Crippen LogP) is 4.84. The molecule has 2 aromatic heterocycles.